The van der Waals surface area contributed by atoms with Crippen LogP contribution in [0, 0.1) is 5.92 Å². The van der Waals surface area contributed by atoms with Crippen LogP contribution in [0.1, 0.15) is 51.4 Å². The molecule has 0 spiro atoms. The first kappa shape index (κ1) is 15.9. The molecule has 1 atom stereocenters. The minimum atomic E-state index is -0.290. The van der Waals surface area contributed by atoms with Gasteiger partial charge in [0.1, 0.15) is 0 Å². The van der Waals surface area contributed by atoms with E-state index in [4.69, 9.17) is 0 Å². The molecule has 1 saturated carbocycles. The number of nitrogens with one attached hydrogen (secondary N) is 1. The van der Waals surface area contributed by atoms with E-state index in [9.17, 15) is 14.7 Å². The Morgan fingerprint density at radius 3 is 2.74 bits per heavy atom. The molecule has 3 rings (SSSR count). The van der Waals surface area contributed by atoms with E-state index in [0.29, 0.717) is 23.3 Å². The van der Waals surface area contributed by atoms with E-state index in [1.54, 1.807) is 22.3 Å². The maximum absolute atomic E-state index is 12.5. The van der Waals surface area contributed by atoms with Crippen LogP contribution in [-0.4, -0.2) is 32.7 Å². The van der Waals surface area contributed by atoms with Crippen LogP contribution in [0.2, 0.25) is 0 Å². The number of hydrogen-bond donors (Lipinski definition) is 2. The van der Waals surface area contributed by atoms with Crippen LogP contribution >= 0.6 is 11.3 Å². The molecule has 6 nitrogen and oxygen atoms in total. The Morgan fingerprint density at radius 2 is 2.22 bits per heavy atom. The third-order valence-corrected chi connectivity index (χ3v) is 5.23. The van der Waals surface area contributed by atoms with Crippen molar-refractivity contribution in [2.24, 2.45) is 13.0 Å². The van der Waals surface area contributed by atoms with Gasteiger partial charge in [0.2, 0.25) is 0 Å². The van der Waals surface area contributed by atoms with Crippen LogP contribution in [0.15, 0.2) is 23.8 Å². The number of nitrogens with zero attached hydrogens (tertiary/aromatic N) is 2. The van der Waals surface area contributed by atoms with Crippen molar-refractivity contribution in [2.75, 3.05) is 0 Å². The van der Waals surface area contributed by atoms with Gasteiger partial charge >= 0.3 is 0 Å². The van der Waals surface area contributed by atoms with Gasteiger partial charge in [-0.2, -0.15) is 5.10 Å². The predicted octanol–water partition coefficient (Wildman–Crippen LogP) is 1.93. The Morgan fingerprint density at radius 1 is 1.48 bits per heavy atom. The Bertz CT molecular complexity index is 731. The molecule has 0 radical (unpaired) electrons. The lowest BCUT2D eigenvalue weighted by Crippen LogP contribution is -2.41. The largest absolute Gasteiger partial charge is 0.393 e. The van der Waals surface area contributed by atoms with Crippen LogP contribution in [0.4, 0.5) is 0 Å². The Hall–Kier alpha value is -1.99. The zero-order valence-corrected chi connectivity index (χ0v) is 13.8. The number of aliphatic hydroxyl groups is 1. The zero-order valence-electron chi connectivity index (χ0n) is 13.0. The van der Waals surface area contributed by atoms with Crippen molar-refractivity contribution >= 4 is 23.0 Å². The van der Waals surface area contributed by atoms with E-state index < -0.39 is 0 Å². The van der Waals surface area contributed by atoms with Crippen LogP contribution in [-0.2, 0) is 7.05 Å². The number of rotatable bonds is 5. The minimum Gasteiger partial charge on any atom is -0.393 e. The molecule has 2 heterocycles. The summed E-state index contributed by atoms with van der Waals surface area (Å²) < 4.78 is 1.70. The first-order chi connectivity index (χ1) is 10.9. The highest BCUT2D eigenvalue weighted by molar-refractivity contribution is 7.12. The molecule has 0 bridgehead atoms. The molecule has 2 N–H and O–H groups in total. The number of carbonyl (C=O) groups is 2. The summed E-state index contributed by atoms with van der Waals surface area (Å²) in [5, 5.41) is 18.5. The molecule has 1 amide bonds. The molecule has 122 valence electrons. The van der Waals surface area contributed by atoms with E-state index in [-0.39, 0.29) is 29.8 Å². The summed E-state index contributed by atoms with van der Waals surface area (Å²) in [6, 6.07) is 1.44. The fraction of sp³-hybridized carbons (Fsp3) is 0.438. The van der Waals surface area contributed by atoms with E-state index >= 15 is 0 Å². The highest BCUT2D eigenvalue weighted by Crippen LogP contribution is 2.38. The minimum absolute atomic E-state index is 0.0417. The number of amides is 1. The molecule has 1 aliphatic rings. The first-order valence-electron chi connectivity index (χ1n) is 7.51. The van der Waals surface area contributed by atoms with Crippen molar-refractivity contribution in [2.45, 2.75) is 31.9 Å². The molecule has 2 aromatic rings. The van der Waals surface area contributed by atoms with Crippen LogP contribution in [0.5, 0.6) is 0 Å². The second-order valence-corrected chi connectivity index (χ2v) is 6.95. The smallest absolute Gasteiger partial charge is 0.252 e. The molecule has 1 aliphatic carbocycles. The Kier molecular flexibility index (Phi) is 4.32. The normalized spacial score (nSPS) is 21.5. The predicted molar refractivity (Wildman–Crippen MR) is 86.5 cm³/mol. The summed E-state index contributed by atoms with van der Waals surface area (Å²) >= 11 is 1.27. The van der Waals surface area contributed by atoms with Crippen molar-refractivity contribution in [3.63, 3.8) is 0 Å². The van der Waals surface area contributed by atoms with Gasteiger partial charge in [-0.05, 0) is 31.7 Å². The van der Waals surface area contributed by atoms with E-state index in [0.717, 1.165) is 5.56 Å². The average molecular weight is 333 g/mol. The SMILES string of the molecule is CC(=O)c1cc(C(=O)N[C@H](c2cnn(C)c2)C2CC(O)C2)cs1. The van der Waals surface area contributed by atoms with E-state index in [1.165, 1.54) is 18.3 Å². The summed E-state index contributed by atoms with van der Waals surface area (Å²) in [4.78, 5) is 24.4. The number of aromatic nitrogens is 2. The molecule has 0 unspecified atom stereocenters. The third-order valence-electron chi connectivity index (χ3n) is 4.20. The molecular weight excluding hydrogens is 314 g/mol. The van der Waals surface area contributed by atoms with Crippen molar-refractivity contribution < 1.29 is 14.7 Å². The van der Waals surface area contributed by atoms with Gasteiger partial charge in [-0.25, -0.2) is 0 Å². The summed E-state index contributed by atoms with van der Waals surface area (Å²) in [6.07, 6.45) is 4.67. The fourth-order valence-corrected chi connectivity index (χ4v) is 3.63. The number of hydrogen-bond acceptors (Lipinski definition) is 5. The van der Waals surface area contributed by atoms with Gasteiger partial charge in [0.15, 0.2) is 5.78 Å². The van der Waals surface area contributed by atoms with Crippen LogP contribution < -0.4 is 5.32 Å². The van der Waals surface area contributed by atoms with Gasteiger partial charge in [-0.15, -0.1) is 11.3 Å². The molecule has 1 fully saturated rings. The maximum atomic E-state index is 12.5. The monoisotopic (exact) mass is 333 g/mol. The zero-order chi connectivity index (χ0) is 16.6. The van der Waals surface area contributed by atoms with Crippen molar-refractivity contribution in [3.05, 3.63) is 39.8 Å². The number of Topliss-reactive ketones (excluding diaryl/α,β-unsaturated/α-hetero) is 1. The number of ketones is 1. The lowest BCUT2D eigenvalue weighted by molar-refractivity contribution is 0.0235. The average Bonchev–Trinajstić information content (AvgIpc) is 3.10. The van der Waals surface area contributed by atoms with E-state index in [1.807, 2.05) is 13.2 Å². The van der Waals surface area contributed by atoms with Gasteiger partial charge in [-0.3, -0.25) is 14.3 Å². The lowest BCUT2D eigenvalue weighted by Gasteiger charge is -2.37. The molecule has 23 heavy (non-hydrogen) atoms. The highest BCUT2D eigenvalue weighted by atomic mass is 32.1. The van der Waals surface area contributed by atoms with Crippen LogP contribution in [0.25, 0.3) is 0 Å². The molecule has 7 heteroatoms. The van der Waals surface area contributed by atoms with Gasteiger partial charge in [-0.1, -0.05) is 0 Å². The molecule has 0 saturated heterocycles. The van der Waals surface area contributed by atoms with E-state index in [2.05, 4.69) is 10.4 Å². The first-order valence-corrected chi connectivity index (χ1v) is 8.39. The van der Waals surface area contributed by atoms with Crippen molar-refractivity contribution in [1.82, 2.24) is 15.1 Å². The Balaban J connectivity index is 1.77. The highest BCUT2D eigenvalue weighted by Gasteiger charge is 2.36. The lowest BCUT2D eigenvalue weighted by atomic mass is 9.75. The third kappa shape index (κ3) is 3.35. The Labute approximate surface area is 138 Å². The van der Waals surface area contributed by atoms with Crippen LogP contribution in [0.3, 0.4) is 0 Å². The van der Waals surface area contributed by atoms with Crippen molar-refractivity contribution in [3.8, 4) is 0 Å². The van der Waals surface area contributed by atoms with Gasteiger partial charge in [0.05, 0.1) is 28.8 Å². The summed E-state index contributed by atoms with van der Waals surface area (Å²) in [5.74, 6) is -0.0481. The molecule has 0 aliphatic heterocycles. The summed E-state index contributed by atoms with van der Waals surface area (Å²) in [6.45, 7) is 1.49. The second kappa shape index (κ2) is 6.25. The number of thiophene rings is 1. The second-order valence-electron chi connectivity index (χ2n) is 6.04. The standard InChI is InChI=1S/C16H19N3O3S/c1-9(20)14-5-11(8-23-14)16(22)18-15(10-3-13(21)4-10)12-6-17-19(2)7-12/h5-8,10,13,15,21H,3-4H2,1-2H3,(H,18,22)/t10?,13?,15-/m0/s1. The maximum Gasteiger partial charge on any atom is 0.252 e. The number of carbonyl (C=O) groups excluding carboxylic acids is 2. The molecular formula is C16H19N3O3S. The summed E-state index contributed by atoms with van der Waals surface area (Å²) in [5.41, 5.74) is 1.42. The van der Waals surface area contributed by atoms with Gasteiger partial charge < -0.3 is 10.4 Å². The topological polar surface area (TPSA) is 84.2 Å². The number of aliphatic hydroxyl groups excluding tert-OH is 1. The van der Waals surface area contributed by atoms with Crippen molar-refractivity contribution in [1.29, 1.82) is 0 Å². The fourth-order valence-electron chi connectivity index (χ4n) is 2.84. The number of aryl methyl sites for hydroxylation is 1. The summed E-state index contributed by atoms with van der Waals surface area (Å²) in [7, 11) is 1.83. The van der Waals surface area contributed by atoms with Gasteiger partial charge in [0, 0.05) is 24.2 Å². The molecule has 2 aromatic heterocycles. The molecule has 0 aromatic carbocycles. The quantitative estimate of drug-likeness (QED) is 0.819. The van der Waals surface area contributed by atoms with Gasteiger partial charge in [0.25, 0.3) is 5.91 Å².